The Morgan fingerprint density at radius 3 is 3.05 bits per heavy atom. The van der Waals surface area contributed by atoms with Gasteiger partial charge in [0.05, 0.1) is 5.60 Å². The normalized spacial score (nSPS) is 22.1. The molecule has 0 radical (unpaired) electrons. The van der Waals surface area contributed by atoms with Gasteiger partial charge in [-0.3, -0.25) is 4.98 Å². The number of hydrogen-bond donors (Lipinski definition) is 2. The van der Waals surface area contributed by atoms with Crippen LogP contribution in [-0.4, -0.2) is 28.3 Å². The van der Waals surface area contributed by atoms with Gasteiger partial charge in [-0.2, -0.15) is 0 Å². The quantitative estimate of drug-likeness (QED) is 0.857. The summed E-state index contributed by atoms with van der Waals surface area (Å²) in [5.41, 5.74) is 1.75. The van der Waals surface area contributed by atoms with Gasteiger partial charge in [-0.05, 0) is 50.8 Å². The van der Waals surface area contributed by atoms with Crippen molar-refractivity contribution in [1.82, 2.24) is 10.3 Å². The van der Waals surface area contributed by atoms with E-state index in [1.165, 1.54) is 5.56 Å². The van der Waals surface area contributed by atoms with E-state index in [-0.39, 0.29) is 5.92 Å². The topological polar surface area (TPSA) is 45.1 Å². The molecule has 19 heavy (non-hydrogen) atoms. The van der Waals surface area contributed by atoms with Crippen molar-refractivity contribution < 1.29 is 5.11 Å². The maximum atomic E-state index is 10.8. The van der Waals surface area contributed by atoms with Crippen LogP contribution in [0.3, 0.4) is 0 Å². The van der Waals surface area contributed by atoms with Crippen LogP contribution in [0.1, 0.15) is 57.2 Å². The molecule has 0 fully saturated rings. The number of aliphatic hydroxyl groups is 1. The van der Waals surface area contributed by atoms with Crippen molar-refractivity contribution in [3.05, 3.63) is 29.6 Å². The number of aryl methyl sites for hydroxylation is 1. The van der Waals surface area contributed by atoms with Crippen LogP contribution in [0, 0.1) is 0 Å². The van der Waals surface area contributed by atoms with Crippen LogP contribution in [0.5, 0.6) is 0 Å². The molecule has 2 rings (SSSR count). The molecule has 3 nitrogen and oxygen atoms in total. The van der Waals surface area contributed by atoms with Crippen LogP contribution >= 0.6 is 0 Å². The van der Waals surface area contributed by atoms with Gasteiger partial charge in [0, 0.05) is 23.9 Å². The van der Waals surface area contributed by atoms with Crippen molar-refractivity contribution in [3.8, 4) is 0 Å². The number of fused-ring (bicyclic) bond motifs is 1. The Labute approximate surface area is 116 Å². The lowest BCUT2D eigenvalue weighted by Crippen LogP contribution is -2.39. The molecule has 106 valence electrons. The highest BCUT2D eigenvalue weighted by Gasteiger charge is 2.36. The maximum absolute atomic E-state index is 10.8. The lowest BCUT2D eigenvalue weighted by Gasteiger charge is -2.36. The monoisotopic (exact) mass is 262 g/mol. The van der Waals surface area contributed by atoms with Crippen LogP contribution < -0.4 is 5.32 Å². The van der Waals surface area contributed by atoms with Crippen LogP contribution in [-0.2, 0) is 6.42 Å². The van der Waals surface area contributed by atoms with Crippen LogP contribution in [0.2, 0.25) is 0 Å². The Morgan fingerprint density at radius 2 is 2.32 bits per heavy atom. The van der Waals surface area contributed by atoms with Gasteiger partial charge in [0.25, 0.3) is 0 Å². The first kappa shape index (κ1) is 14.5. The third-order valence-corrected chi connectivity index (χ3v) is 4.13. The van der Waals surface area contributed by atoms with E-state index in [4.69, 9.17) is 0 Å². The molecule has 0 spiro atoms. The largest absolute Gasteiger partial charge is 0.389 e. The number of pyridine rings is 1. The molecule has 3 heteroatoms. The fourth-order valence-corrected chi connectivity index (χ4v) is 3.00. The zero-order valence-corrected chi connectivity index (χ0v) is 12.3. The van der Waals surface area contributed by atoms with E-state index in [1.54, 1.807) is 0 Å². The Hall–Kier alpha value is -0.930. The minimum Gasteiger partial charge on any atom is -0.389 e. The number of nitrogens with one attached hydrogen (secondary N) is 1. The number of hydrogen-bond acceptors (Lipinski definition) is 3. The van der Waals surface area contributed by atoms with E-state index < -0.39 is 5.60 Å². The molecule has 0 aromatic carbocycles. The minimum absolute atomic E-state index is 0.173. The number of rotatable bonds is 5. The van der Waals surface area contributed by atoms with Crippen LogP contribution in [0.4, 0.5) is 0 Å². The van der Waals surface area contributed by atoms with E-state index in [9.17, 15) is 5.11 Å². The summed E-state index contributed by atoms with van der Waals surface area (Å²) in [4.78, 5) is 4.53. The lowest BCUT2D eigenvalue weighted by atomic mass is 9.75. The van der Waals surface area contributed by atoms with Crippen molar-refractivity contribution in [3.63, 3.8) is 0 Å². The third-order valence-electron chi connectivity index (χ3n) is 4.13. The summed E-state index contributed by atoms with van der Waals surface area (Å²) in [7, 11) is 0. The molecule has 0 amide bonds. The molecule has 0 bridgehead atoms. The molecule has 1 heterocycles. The standard InChI is InChI=1S/C16H26N2O/c1-12(2)17-11-9-16(3,19)14-8-4-6-13-7-5-10-18-15(13)14/h5,7,10,12,14,17,19H,4,6,8-9,11H2,1-3H3. The first-order chi connectivity index (χ1) is 9.00. The van der Waals surface area contributed by atoms with Gasteiger partial charge in [0.2, 0.25) is 0 Å². The van der Waals surface area contributed by atoms with E-state index in [0.29, 0.717) is 6.04 Å². The molecular weight excluding hydrogens is 236 g/mol. The SMILES string of the molecule is CC(C)NCCC(C)(O)C1CCCc2cccnc21. The van der Waals surface area contributed by atoms with Gasteiger partial charge in [0.15, 0.2) is 0 Å². The second-order valence-electron chi connectivity index (χ2n) is 6.21. The Balaban J connectivity index is 2.08. The zero-order chi connectivity index (χ0) is 13.9. The fraction of sp³-hybridized carbons (Fsp3) is 0.688. The first-order valence-corrected chi connectivity index (χ1v) is 7.40. The summed E-state index contributed by atoms with van der Waals surface area (Å²) in [5.74, 6) is 0.173. The second kappa shape index (κ2) is 6.02. The molecule has 0 saturated carbocycles. The van der Waals surface area contributed by atoms with Crippen LogP contribution in [0.15, 0.2) is 18.3 Å². The number of aromatic nitrogens is 1. The molecule has 2 N–H and O–H groups in total. The van der Waals surface area contributed by atoms with Gasteiger partial charge in [-0.15, -0.1) is 0 Å². The van der Waals surface area contributed by atoms with Gasteiger partial charge in [-0.25, -0.2) is 0 Å². The fourth-order valence-electron chi connectivity index (χ4n) is 3.00. The molecule has 2 atom stereocenters. The van der Waals surface area contributed by atoms with Crippen molar-refractivity contribution in [2.45, 2.75) is 64.0 Å². The van der Waals surface area contributed by atoms with Gasteiger partial charge >= 0.3 is 0 Å². The molecule has 0 aliphatic heterocycles. The average molecular weight is 262 g/mol. The minimum atomic E-state index is -0.675. The molecule has 0 saturated heterocycles. The molecule has 2 unspecified atom stereocenters. The molecular formula is C16H26N2O. The highest BCUT2D eigenvalue weighted by molar-refractivity contribution is 5.28. The van der Waals surface area contributed by atoms with E-state index in [2.05, 4.69) is 30.2 Å². The predicted octanol–water partition coefficient (Wildman–Crippen LogP) is 2.64. The Morgan fingerprint density at radius 1 is 1.53 bits per heavy atom. The summed E-state index contributed by atoms with van der Waals surface area (Å²) in [6.07, 6.45) is 5.90. The summed E-state index contributed by atoms with van der Waals surface area (Å²) >= 11 is 0. The van der Waals surface area contributed by atoms with Crippen molar-refractivity contribution in [1.29, 1.82) is 0 Å². The van der Waals surface area contributed by atoms with E-state index in [1.807, 2.05) is 19.2 Å². The average Bonchev–Trinajstić information content (AvgIpc) is 2.37. The van der Waals surface area contributed by atoms with Crippen molar-refractivity contribution in [2.24, 2.45) is 0 Å². The molecule has 1 aromatic heterocycles. The smallest absolute Gasteiger partial charge is 0.0715 e. The van der Waals surface area contributed by atoms with Gasteiger partial charge in [-0.1, -0.05) is 19.9 Å². The maximum Gasteiger partial charge on any atom is 0.0715 e. The van der Waals surface area contributed by atoms with Gasteiger partial charge in [0.1, 0.15) is 0 Å². The van der Waals surface area contributed by atoms with E-state index in [0.717, 1.165) is 37.9 Å². The summed E-state index contributed by atoms with van der Waals surface area (Å²) < 4.78 is 0. The summed E-state index contributed by atoms with van der Waals surface area (Å²) in [6, 6.07) is 4.61. The van der Waals surface area contributed by atoms with Crippen LogP contribution in [0.25, 0.3) is 0 Å². The highest BCUT2D eigenvalue weighted by atomic mass is 16.3. The van der Waals surface area contributed by atoms with Gasteiger partial charge < -0.3 is 10.4 Å². The molecule has 1 aromatic rings. The Bertz CT molecular complexity index is 415. The molecule has 1 aliphatic carbocycles. The summed E-state index contributed by atoms with van der Waals surface area (Å²) in [5, 5.41) is 14.2. The molecule has 1 aliphatic rings. The third kappa shape index (κ3) is 3.54. The van der Waals surface area contributed by atoms with Crippen molar-refractivity contribution in [2.75, 3.05) is 6.54 Å². The predicted molar refractivity (Wildman–Crippen MR) is 78.3 cm³/mol. The zero-order valence-electron chi connectivity index (χ0n) is 12.3. The number of nitrogens with zero attached hydrogens (tertiary/aromatic N) is 1. The van der Waals surface area contributed by atoms with Crippen molar-refractivity contribution >= 4 is 0 Å². The first-order valence-electron chi connectivity index (χ1n) is 7.40. The van der Waals surface area contributed by atoms with E-state index >= 15 is 0 Å². The second-order valence-corrected chi connectivity index (χ2v) is 6.21. The summed E-state index contributed by atoms with van der Waals surface area (Å²) in [6.45, 7) is 7.07. The lowest BCUT2D eigenvalue weighted by molar-refractivity contribution is 0.0148. The Kier molecular flexibility index (Phi) is 4.58. The highest BCUT2D eigenvalue weighted by Crippen LogP contribution is 2.39.